The van der Waals surface area contributed by atoms with Crippen LogP contribution < -0.4 is 5.32 Å². The van der Waals surface area contributed by atoms with Crippen LogP contribution in [0.2, 0.25) is 0 Å². The summed E-state index contributed by atoms with van der Waals surface area (Å²) in [4.78, 5) is 4.29. The molecule has 2 aromatic rings. The van der Waals surface area contributed by atoms with Crippen molar-refractivity contribution in [3.8, 4) is 11.3 Å². The smallest absolute Gasteiger partial charge is 0.196 e. The van der Waals surface area contributed by atoms with Crippen LogP contribution in [0.4, 0.5) is 0 Å². The molecule has 0 spiro atoms. The predicted octanol–water partition coefficient (Wildman–Crippen LogP) is 3.56. The van der Waals surface area contributed by atoms with Crippen LogP contribution in [-0.2, 0) is 6.42 Å². The summed E-state index contributed by atoms with van der Waals surface area (Å²) in [5, 5.41) is 3.25. The van der Waals surface area contributed by atoms with Crippen LogP contribution >= 0.6 is 15.9 Å². The van der Waals surface area contributed by atoms with Gasteiger partial charge in [0, 0.05) is 23.0 Å². The maximum absolute atomic E-state index is 5.74. The maximum atomic E-state index is 5.74. The van der Waals surface area contributed by atoms with E-state index in [2.05, 4.69) is 58.3 Å². The second kappa shape index (κ2) is 6.16. The van der Waals surface area contributed by atoms with Crippen molar-refractivity contribution in [3.63, 3.8) is 0 Å². The third-order valence-corrected chi connectivity index (χ3v) is 3.63. The number of likely N-dealkylation sites (N-methyl/N-ethyl adjacent to an activating group) is 1. The van der Waals surface area contributed by atoms with Gasteiger partial charge in [-0.05, 0) is 25.1 Å². The van der Waals surface area contributed by atoms with Crippen molar-refractivity contribution in [3.05, 3.63) is 40.3 Å². The van der Waals surface area contributed by atoms with E-state index in [1.165, 1.54) is 5.56 Å². The van der Waals surface area contributed by atoms with E-state index in [1.54, 1.807) is 6.20 Å². The highest BCUT2D eigenvalue weighted by Gasteiger charge is 2.07. The quantitative estimate of drug-likeness (QED) is 0.858. The molecule has 0 saturated heterocycles. The van der Waals surface area contributed by atoms with Gasteiger partial charge in [-0.1, -0.05) is 35.0 Å². The van der Waals surface area contributed by atoms with Crippen molar-refractivity contribution < 1.29 is 4.42 Å². The Morgan fingerprint density at radius 2 is 2.22 bits per heavy atom. The first-order chi connectivity index (χ1) is 8.70. The minimum absolute atomic E-state index is 0.780. The monoisotopic (exact) mass is 308 g/mol. The molecule has 0 fully saturated rings. The summed E-state index contributed by atoms with van der Waals surface area (Å²) in [6.07, 6.45) is 2.61. The van der Waals surface area contributed by atoms with E-state index in [1.807, 2.05) is 0 Å². The number of aryl methyl sites for hydroxylation is 1. The zero-order valence-electron chi connectivity index (χ0n) is 10.7. The summed E-state index contributed by atoms with van der Waals surface area (Å²) in [5.41, 5.74) is 2.26. The Kier molecular flexibility index (Phi) is 4.55. The fourth-order valence-corrected chi connectivity index (χ4v) is 2.06. The van der Waals surface area contributed by atoms with E-state index in [-0.39, 0.29) is 0 Å². The molecule has 0 aliphatic heterocycles. The fraction of sp³-hybridized carbons (Fsp3) is 0.357. The Morgan fingerprint density at radius 1 is 1.39 bits per heavy atom. The summed E-state index contributed by atoms with van der Waals surface area (Å²) in [6, 6.07) is 6.18. The standard InChI is InChI=1S/C14H17BrN2O/c1-3-16-7-6-14-17-9-13(18-14)11-5-4-10(2)12(15)8-11/h4-5,8-9,16H,3,6-7H2,1-2H3. The number of nitrogens with one attached hydrogen (secondary N) is 1. The number of rotatable bonds is 5. The Morgan fingerprint density at radius 3 is 2.94 bits per heavy atom. The van der Waals surface area contributed by atoms with E-state index in [0.29, 0.717) is 0 Å². The molecule has 0 aliphatic carbocycles. The second-order valence-corrected chi connectivity index (χ2v) is 5.04. The fourth-order valence-electron chi connectivity index (χ4n) is 1.68. The molecular weight excluding hydrogens is 292 g/mol. The lowest BCUT2D eigenvalue weighted by Crippen LogP contribution is -2.16. The first-order valence-corrected chi connectivity index (χ1v) is 6.92. The maximum Gasteiger partial charge on any atom is 0.196 e. The van der Waals surface area contributed by atoms with Gasteiger partial charge in [-0.15, -0.1) is 0 Å². The number of benzene rings is 1. The van der Waals surface area contributed by atoms with Gasteiger partial charge in [0.1, 0.15) is 0 Å². The molecule has 3 nitrogen and oxygen atoms in total. The number of hydrogen-bond acceptors (Lipinski definition) is 3. The molecule has 1 aromatic heterocycles. The van der Waals surface area contributed by atoms with E-state index in [9.17, 15) is 0 Å². The van der Waals surface area contributed by atoms with Crippen molar-refractivity contribution in [1.82, 2.24) is 10.3 Å². The molecule has 4 heteroatoms. The normalized spacial score (nSPS) is 10.8. The van der Waals surface area contributed by atoms with E-state index in [4.69, 9.17) is 4.42 Å². The highest BCUT2D eigenvalue weighted by Crippen LogP contribution is 2.26. The molecule has 0 atom stereocenters. The highest BCUT2D eigenvalue weighted by molar-refractivity contribution is 9.10. The van der Waals surface area contributed by atoms with Gasteiger partial charge in [-0.25, -0.2) is 4.98 Å². The SMILES string of the molecule is CCNCCc1ncc(-c2ccc(C)c(Br)c2)o1. The van der Waals surface area contributed by atoms with Crippen LogP contribution in [0.5, 0.6) is 0 Å². The van der Waals surface area contributed by atoms with Crippen LogP contribution in [0.15, 0.2) is 33.3 Å². The highest BCUT2D eigenvalue weighted by atomic mass is 79.9. The molecule has 1 N–H and O–H groups in total. The van der Waals surface area contributed by atoms with Gasteiger partial charge in [0.2, 0.25) is 0 Å². The third kappa shape index (κ3) is 3.21. The van der Waals surface area contributed by atoms with E-state index >= 15 is 0 Å². The molecule has 0 unspecified atom stereocenters. The van der Waals surface area contributed by atoms with Gasteiger partial charge in [0.05, 0.1) is 6.20 Å². The van der Waals surface area contributed by atoms with Crippen molar-refractivity contribution in [2.45, 2.75) is 20.3 Å². The average molecular weight is 309 g/mol. The van der Waals surface area contributed by atoms with E-state index in [0.717, 1.165) is 41.2 Å². The topological polar surface area (TPSA) is 38.1 Å². The van der Waals surface area contributed by atoms with E-state index < -0.39 is 0 Å². The molecule has 0 aliphatic rings. The lowest BCUT2D eigenvalue weighted by atomic mass is 10.1. The third-order valence-electron chi connectivity index (χ3n) is 2.78. The lowest BCUT2D eigenvalue weighted by molar-refractivity contribution is 0.497. The van der Waals surface area contributed by atoms with Crippen molar-refractivity contribution in [2.75, 3.05) is 13.1 Å². The molecule has 0 saturated carbocycles. The summed E-state index contributed by atoms with van der Waals surface area (Å²) in [6.45, 7) is 6.02. The minimum atomic E-state index is 0.780. The van der Waals surface area contributed by atoms with Gasteiger partial charge in [0.25, 0.3) is 0 Å². The molecular formula is C14H17BrN2O. The summed E-state index contributed by atoms with van der Waals surface area (Å²) < 4.78 is 6.83. The van der Waals surface area contributed by atoms with Crippen molar-refractivity contribution in [2.24, 2.45) is 0 Å². The summed E-state index contributed by atoms with van der Waals surface area (Å²) >= 11 is 3.53. The molecule has 0 bridgehead atoms. The number of halogens is 1. The molecule has 0 radical (unpaired) electrons. The van der Waals surface area contributed by atoms with Gasteiger partial charge in [0.15, 0.2) is 11.7 Å². The van der Waals surface area contributed by atoms with Crippen molar-refractivity contribution in [1.29, 1.82) is 0 Å². The first-order valence-electron chi connectivity index (χ1n) is 6.12. The largest absolute Gasteiger partial charge is 0.441 e. The van der Waals surface area contributed by atoms with Gasteiger partial charge in [-0.3, -0.25) is 0 Å². The van der Waals surface area contributed by atoms with Crippen LogP contribution in [0.25, 0.3) is 11.3 Å². The van der Waals surface area contributed by atoms with Gasteiger partial charge < -0.3 is 9.73 Å². The summed E-state index contributed by atoms with van der Waals surface area (Å²) in [5.74, 6) is 1.60. The number of aromatic nitrogens is 1. The van der Waals surface area contributed by atoms with Crippen molar-refractivity contribution >= 4 is 15.9 Å². The van der Waals surface area contributed by atoms with Crippen LogP contribution in [0, 0.1) is 6.92 Å². The molecule has 1 aromatic carbocycles. The Hall–Kier alpha value is -1.13. The first kappa shape index (κ1) is 13.3. The van der Waals surface area contributed by atoms with Crippen LogP contribution in [-0.4, -0.2) is 18.1 Å². The van der Waals surface area contributed by atoms with Crippen LogP contribution in [0.3, 0.4) is 0 Å². The van der Waals surface area contributed by atoms with Gasteiger partial charge >= 0.3 is 0 Å². The predicted molar refractivity (Wildman–Crippen MR) is 76.6 cm³/mol. The molecule has 2 rings (SSSR count). The Bertz CT molecular complexity index is 522. The number of hydrogen-bond donors (Lipinski definition) is 1. The Labute approximate surface area is 116 Å². The minimum Gasteiger partial charge on any atom is -0.441 e. The lowest BCUT2D eigenvalue weighted by Gasteiger charge is -2.01. The molecule has 1 heterocycles. The Balaban J connectivity index is 2.11. The molecule has 18 heavy (non-hydrogen) atoms. The van der Waals surface area contributed by atoms with Gasteiger partial charge in [-0.2, -0.15) is 0 Å². The second-order valence-electron chi connectivity index (χ2n) is 4.19. The molecule has 0 amide bonds. The summed E-state index contributed by atoms with van der Waals surface area (Å²) in [7, 11) is 0. The number of nitrogens with zero attached hydrogens (tertiary/aromatic N) is 1. The zero-order valence-corrected chi connectivity index (χ0v) is 12.3. The zero-order chi connectivity index (χ0) is 13.0. The van der Waals surface area contributed by atoms with Crippen LogP contribution in [0.1, 0.15) is 18.4 Å². The molecule has 96 valence electrons. The number of oxazole rings is 1. The average Bonchev–Trinajstić information content (AvgIpc) is 2.82.